The van der Waals surface area contributed by atoms with Crippen LogP contribution in [0.25, 0.3) is 10.8 Å². The summed E-state index contributed by atoms with van der Waals surface area (Å²) in [6.07, 6.45) is 2.53. The fraction of sp³-hybridized carbons (Fsp3) is 0.118. The van der Waals surface area contributed by atoms with Crippen molar-refractivity contribution in [2.75, 3.05) is 0 Å². The van der Waals surface area contributed by atoms with E-state index in [4.69, 9.17) is 0 Å². The van der Waals surface area contributed by atoms with Gasteiger partial charge in [0.2, 0.25) is 0 Å². The summed E-state index contributed by atoms with van der Waals surface area (Å²) >= 11 is 0. The number of fused-ring (bicyclic) bond motifs is 1. The molecule has 0 bridgehead atoms. The van der Waals surface area contributed by atoms with Gasteiger partial charge in [-0.25, -0.2) is 4.39 Å². The molecular formula is C17H14FNO. The Hall–Kier alpha value is -2.26. The summed E-state index contributed by atoms with van der Waals surface area (Å²) in [6, 6.07) is 12.1. The molecule has 3 heteroatoms. The fourth-order valence-corrected chi connectivity index (χ4v) is 2.45. The van der Waals surface area contributed by atoms with Gasteiger partial charge in [0.05, 0.1) is 0 Å². The van der Waals surface area contributed by atoms with E-state index < -0.39 is 6.10 Å². The standard InChI is InChI=1S/C17H14FNO/c1-11-8-9-19-10-15(11)17(20)14-6-7-16(18)13-5-3-2-4-12(13)14/h2-10,17,20H,1H3. The highest BCUT2D eigenvalue weighted by Gasteiger charge is 2.16. The van der Waals surface area contributed by atoms with Gasteiger partial charge in [0, 0.05) is 23.3 Å². The molecule has 1 heterocycles. The van der Waals surface area contributed by atoms with Gasteiger partial charge in [-0.1, -0.05) is 30.3 Å². The van der Waals surface area contributed by atoms with Crippen molar-refractivity contribution in [3.63, 3.8) is 0 Å². The molecule has 3 aromatic rings. The number of aryl methyl sites for hydroxylation is 1. The maximum Gasteiger partial charge on any atom is 0.131 e. The molecule has 0 radical (unpaired) electrons. The molecule has 1 N–H and O–H groups in total. The van der Waals surface area contributed by atoms with E-state index in [1.54, 1.807) is 30.6 Å². The van der Waals surface area contributed by atoms with Crippen LogP contribution >= 0.6 is 0 Å². The first-order chi connectivity index (χ1) is 9.68. The maximum absolute atomic E-state index is 13.8. The first-order valence-corrected chi connectivity index (χ1v) is 6.44. The quantitative estimate of drug-likeness (QED) is 0.766. The number of hydrogen-bond acceptors (Lipinski definition) is 2. The number of aliphatic hydroxyl groups excluding tert-OH is 1. The Kier molecular flexibility index (Phi) is 3.20. The Morgan fingerprint density at radius 1 is 1.00 bits per heavy atom. The number of halogens is 1. The minimum atomic E-state index is -0.811. The van der Waals surface area contributed by atoms with E-state index in [-0.39, 0.29) is 5.82 Å². The minimum absolute atomic E-state index is 0.278. The summed E-state index contributed by atoms with van der Waals surface area (Å²) in [4.78, 5) is 4.06. The van der Waals surface area contributed by atoms with Gasteiger partial charge in [-0.2, -0.15) is 0 Å². The SMILES string of the molecule is Cc1ccncc1C(O)c1ccc(F)c2ccccc12. The Morgan fingerprint density at radius 3 is 2.50 bits per heavy atom. The van der Waals surface area contributed by atoms with Crippen LogP contribution in [0.3, 0.4) is 0 Å². The van der Waals surface area contributed by atoms with Gasteiger partial charge in [0.25, 0.3) is 0 Å². The zero-order chi connectivity index (χ0) is 14.1. The smallest absolute Gasteiger partial charge is 0.131 e. The third-order valence-electron chi connectivity index (χ3n) is 3.57. The molecule has 0 spiro atoms. The largest absolute Gasteiger partial charge is 0.384 e. The van der Waals surface area contributed by atoms with Crippen molar-refractivity contribution in [1.29, 1.82) is 0 Å². The summed E-state index contributed by atoms with van der Waals surface area (Å²) in [5.74, 6) is -0.278. The molecule has 0 saturated heterocycles. The Bertz CT molecular complexity index is 770. The lowest BCUT2D eigenvalue weighted by Gasteiger charge is -2.16. The van der Waals surface area contributed by atoms with Crippen molar-refractivity contribution in [2.24, 2.45) is 0 Å². The number of rotatable bonds is 2. The van der Waals surface area contributed by atoms with Gasteiger partial charge >= 0.3 is 0 Å². The number of pyridine rings is 1. The molecule has 1 atom stereocenters. The van der Waals surface area contributed by atoms with Crippen LogP contribution in [-0.2, 0) is 0 Å². The average Bonchev–Trinajstić information content (AvgIpc) is 2.48. The van der Waals surface area contributed by atoms with E-state index in [0.29, 0.717) is 10.9 Å². The van der Waals surface area contributed by atoms with Gasteiger partial charge in [0.15, 0.2) is 0 Å². The highest BCUT2D eigenvalue weighted by atomic mass is 19.1. The molecule has 100 valence electrons. The summed E-state index contributed by atoms with van der Waals surface area (Å²) < 4.78 is 13.8. The summed E-state index contributed by atoms with van der Waals surface area (Å²) in [6.45, 7) is 1.92. The van der Waals surface area contributed by atoms with Gasteiger partial charge in [-0.05, 0) is 35.6 Å². The van der Waals surface area contributed by atoms with Crippen molar-refractivity contribution < 1.29 is 9.50 Å². The van der Waals surface area contributed by atoms with E-state index in [2.05, 4.69) is 4.98 Å². The first-order valence-electron chi connectivity index (χ1n) is 6.44. The van der Waals surface area contributed by atoms with Crippen LogP contribution < -0.4 is 0 Å². The Morgan fingerprint density at radius 2 is 1.75 bits per heavy atom. The highest BCUT2D eigenvalue weighted by Crippen LogP contribution is 2.31. The third-order valence-corrected chi connectivity index (χ3v) is 3.57. The van der Waals surface area contributed by atoms with E-state index in [1.807, 2.05) is 25.1 Å². The molecule has 3 rings (SSSR count). The molecule has 0 saturated carbocycles. The Labute approximate surface area is 116 Å². The van der Waals surface area contributed by atoms with Gasteiger partial charge < -0.3 is 5.11 Å². The second kappa shape index (κ2) is 5.02. The van der Waals surface area contributed by atoms with Crippen LogP contribution in [0.1, 0.15) is 22.8 Å². The lowest BCUT2D eigenvalue weighted by Crippen LogP contribution is -2.03. The summed E-state index contributed by atoms with van der Waals surface area (Å²) in [5.41, 5.74) is 2.39. The fourth-order valence-electron chi connectivity index (χ4n) is 2.45. The number of benzene rings is 2. The zero-order valence-corrected chi connectivity index (χ0v) is 11.0. The van der Waals surface area contributed by atoms with Crippen molar-refractivity contribution >= 4 is 10.8 Å². The third kappa shape index (κ3) is 2.06. The molecule has 20 heavy (non-hydrogen) atoms. The lowest BCUT2D eigenvalue weighted by atomic mass is 9.94. The zero-order valence-electron chi connectivity index (χ0n) is 11.0. The van der Waals surface area contributed by atoms with Gasteiger partial charge in [0.1, 0.15) is 11.9 Å². The topological polar surface area (TPSA) is 33.1 Å². The van der Waals surface area contributed by atoms with Crippen LogP contribution in [-0.4, -0.2) is 10.1 Å². The van der Waals surface area contributed by atoms with Crippen molar-refractivity contribution in [3.8, 4) is 0 Å². The predicted octanol–water partition coefficient (Wildman–Crippen LogP) is 3.76. The molecule has 1 aromatic heterocycles. The molecule has 0 amide bonds. The van der Waals surface area contributed by atoms with Crippen molar-refractivity contribution in [1.82, 2.24) is 4.98 Å². The van der Waals surface area contributed by atoms with E-state index >= 15 is 0 Å². The van der Waals surface area contributed by atoms with Crippen LogP contribution in [0.5, 0.6) is 0 Å². The lowest BCUT2D eigenvalue weighted by molar-refractivity contribution is 0.220. The molecule has 0 aliphatic carbocycles. The molecule has 0 aliphatic rings. The predicted molar refractivity (Wildman–Crippen MR) is 76.9 cm³/mol. The number of hydrogen-bond donors (Lipinski definition) is 1. The molecule has 2 nitrogen and oxygen atoms in total. The van der Waals surface area contributed by atoms with E-state index in [9.17, 15) is 9.50 Å². The highest BCUT2D eigenvalue weighted by molar-refractivity contribution is 5.87. The average molecular weight is 267 g/mol. The van der Waals surface area contributed by atoms with Crippen LogP contribution in [0.4, 0.5) is 4.39 Å². The summed E-state index contributed by atoms with van der Waals surface area (Å²) in [7, 11) is 0. The van der Waals surface area contributed by atoms with Crippen LogP contribution in [0.2, 0.25) is 0 Å². The normalized spacial score (nSPS) is 12.6. The summed E-state index contributed by atoms with van der Waals surface area (Å²) in [5, 5.41) is 11.8. The second-order valence-electron chi connectivity index (χ2n) is 4.82. The van der Waals surface area contributed by atoms with Crippen molar-refractivity contribution in [3.05, 3.63) is 77.4 Å². The molecular weight excluding hydrogens is 253 g/mol. The first kappa shape index (κ1) is 12.8. The van der Waals surface area contributed by atoms with E-state index in [1.165, 1.54) is 6.07 Å². The van der Waals surface area contributed by atoms with Gasteiger partial charge in [-0.15, -0.1) is 0 Å². The molecule has 0 fully saturated rings. The Balaban J connectivity index is 2.20. The molecule has 1 unspecified atom stereocenters. The molecule has 0 aliphatic heterocycles. The van der Waals surface area contributed by atoms with Crippen LogP contribution in [0, 0.1) is 12.7 Å². The maximum atomic E-state index is 13.8. The number of aliphatic hydroxyl groups is 1. The second-order valence-corrected chi connectivity index (χ2v) is 4.82. The van der Waals surface area contributed by atoms with Gasteiger partial charge in [-0.3, -0.25) is 4.98 Å². The van der Waals surface area contributed by atoms with E-state index in [0.717, 1.165) is 16.5 Å². The number of aromatic nitrogens is 1. The monoisotopic (exact) mass is 267 g/mol. The number of nitrogens with zero attached hydrogens (tertiary/aromatic N) is 1. The molecule has 2 aromatic carbocycles. The van der Waals surface area contributed by atoms with Crippen LogP contribution in [0.15, 0.2) is 54.9 Å². The van der Waals surface area contributed by atoms with Crippen molar-refractivity contribution in [2.45, 2.75) is 13.0 Å². The minimum Gasteiger partial charge on any atom is -0.384 e.